The van der Waals surface area contributed by atoms with E-state index in [1.165, 1.54) is 11.3 Å². The van der Waals surface area contributed by atoms with Crippen molar-refractivity contribution < 1.29 is 24.2 Å². The second-order valence-electron chi connectivity index (χ2n) is 8.64. The summed E-state index contributed by atoms with van der Waals surface area (Å²) in [6.45, 7) is 3.48. The van der Waals surface area contributed by atoms with Crippen LogP contribution in [0.5, 0.6) is 0 Å². The largest absolute Gasteiger partial charge is 0.481 e. The fraction of sp³-hybridized carbons (Fsp3) is 0.435. The lowest BCUT2D eigenvalue weighted by atomic mass is 9.78. The third-order valence-corrected chi connectivity index (χ3v) is 7.74. The number of thiophene rings is 1. The lowest BCUT2D eigenvalue weighted by molar-refractivity contribution is -0.148. The first kappa shape index (κ1) is 23.1. The average molecular weight is 496 g/mol. The molecule has 4 rings (SSSR count). The molecular weight excluding hydrogens is 473 g/mol. The van der Waals surface area contributed by atoms with Crippen LogP contribution in [0.25, 0.3) is 11.1 Å². The highest BCUT2D eigenvalue weighted by Gasteiger charge is 2.54. The van der Waals surface area contributed by atoms with Crippen LogP contribution in [0.2, 0.25) is 10.0 Å². The Bertz CT molecular complexity index is 1080. The summed E-state index contributed by atoms with van der Waals surface area (Å²) < 4.78 is 5.43. The van der Waals surface area contributed by atoms with E-state index in [0.29, 0.717) is 26.2 Å². The summed E-state index contributed by atoms with van der Waals surface area (Å²) in [4.78, 5) is 38.0. The number of nitrogens with one attached hydrogen (secondary N) is 1. The Balaban J connectivity index is 1.69. The molecule has 32 heavy (non-hydrogen) atoms. The third-order valence-electron chi connectivity index (χ3n) is 6.30. The predicted molar refractivity (Wildman–Crippen MR) is 124 cm³/mol. The second-order valence-corrected chi connectivity index (χ2v) is 10.4. The number of halogens is 2. The topological polar surface area (TPSA) is 92.7 Å². The van der Waals surface area contributed by atoms with Gasteiger partial charge in [0.25, 0.3) is 0 Å². The predicted octanol–water partition coefficient (Wildman–Crippen LogP) is 5.97. The van der Waals surface area contributed by atoms with E-state index in [4.69, 9.17) is 27.9 Å². The number of rotatable bonds is 6. The number of hydrogen-bond acceptors (Lipinski definition) is 5. The Labute approximate surface area is 199 Å². The molecule has 2 fully saturated rings. The zero-order valence-corrected chi connectivity index (χ0v) is 19.9. The molecule has 2 saturated carbocycles. The quantitative estimate of drug-likeness (QED) is 0.481. The lowest BCUT2D eigenvalue weighted by Crippen LogP contribution is -2.38. The Morgan fingerprint density at radius 1 is 1.12 bits per heavy atom. The van der Waals surface area contributed by atoms with E-state index in [9.17, 15) is 19.5 Å². The van der Waals surface area contributed by atoms with E-state index in [1.807, 2.05) is 0 Å². The van der Waals surface area contributed by atoms with E-state index in [-0.39, 0.29) is 29.4 Å². The number of carbonyl (C=O) groups excluding carboxylic acids is 2. The molecule has 4 atom stereocenters. The van der Waals surface area contributed by atoms with Crippen LogP contribution in [0.3, 0.4) is 0 Å². The standard InChI is InChI=1S/C23H23Cl2NO5S/c1-10(2)31-23(30)19-15(14-6-5-13(24)8-16(14)25)9-32-21(19)26-20(27)17-11-3-4-12(7-11)18(17)22(28)29/h5-6,8-12,17-18H,3-4,7H2,1-2H3,(H,26,27)(H,28,29)/t11-,12-,17+,18+/m0/s1. The molecule has 0 spiro atoms. The number of carboxylic acid groups (broad SMARTS) is 1. The zero-order valence-electron chi connectivity index (χ0n) is 17.6. The molecule has 1 aromatic carbocycles. The Kier molecular flexibility index (Phi) is 6.52. The molecule has 2 bridgehead atoms. The molecule has 170 valence electrons. The van der Waals surface area contributed by atoms with Gasteiger partial charge in [-0.25, -0.2) is 4.79 Å². The highest BCUT2D eigenvalue weighted by molar-refractivity contribution is 7.15. The van der Waals surface area contributed by atoms with Crippen LogP contribution >= 0.6 is 34.5 Å². The van der Waals surface area contributed by atoms with Gasteiger partial charge in [0.1, 0.15) is 10.6 Å². The van der Waals surface area contributed by atoms with Crippen LogP contribution in [0.1, 0.15) is 43.5 Å². The van der Waals surface area contributed by atoms with Gasteiger partial charge in [0.05, 0.1) is 17.9 Å². The molecule has 0 unspecified atom stereocenters. The lowest BCUT2D eigenvalue weighted by Gasteiger charge is -2.27. The molecule has 0 saturated heterocycles. The summed E-state index contributed by atoms with van der Waals surface area (Å²) in [7, 11) is 0. The van der Waals surface area contributed by atoms with Crippen molar-refractivity contribution in [3.8, 4) is 11.1 Å². The first-order valence-electron chi connectivity index (χ1n) is 10.5. The van der Waals surface area contributed by atoms with E-state index in [0.717, 1.165) is 19.3 Å². The minimum absolute atomic E-state index is 0.0328. The molecule has 2 aliphatic rings. The monoisotopic (exact) mass is 495 g/mol. The summed E-state index contributed by atoms with van der Waals surface area (Å²) in [5.41, 5.74) is 1.32. The SMILES string of the molecule is CC(C)OC(=O)c1c(-c2ccc(Cl)cc2Cl)csc1NC(=O)[C@@H]1[C@H]2CC[C@@H](C2)[C@H]1C(=O)O. The fourth-order valence-corrected chi connectivity index (χ4v) is 6.51. The first-order chi connectivity index (χ1) is 15.2. The molecule has 2 N–H and O–H groups in total. The Morgan fingerprint density at radius 3 is 2.44 bits per heavy atom. The molecular formula is C23H23Cl2NO5S. The van der Waals surface area contributed by atoms with Crippen molar-refractivity contribution >= 4 is 57.4 Å². The number of carbonyl (C=O) groups is 3. The van der Waals surface area contributed by atoms with E-state index >= 15 is 0 Å². The maximum absolute atomic E-state index is 13.2. The average Bonchev–Trinajstić information content (AvgIpc) is 3.41. The molecule has 6 nitrogen and oxygen atoms in total. The Hall–Kier alpha value is -2.09. The molecule has 2 aliphatic carbocycles. The number of ether oxygens (including phenoxy) is 1. The Morgan fingerprint density at radius 2 is 1.81 bits per heavy atom. The van der Waals surface area contributed by atoms with Gasteiger partial charge in [-0.05, 0) is 57.1 Å². The molecule has 1 heterocycles. The van der Waals surface area contributed by atoms with Crippen LogP contribution in [-0.2, 0) is 14.3 Å². The van der Waals surface area contributed by atoms with E-state index < -0.39 is 23.8 Å². The molecule has 1 aromatic heterocycles. The van der Waals surface area contributed by atoms with Crippen molar-refractivity contribution in [1.29, 1.82) is 0 Å². The number of esters is 1. The summed E-state index contributed by atoms with van der Waals surface area (Å²) >= 11 is 13.6. The van der Waals surface area contributed by atoms with Gasteiger partial charge in [-0.15, -0.1) is 11.3 Å². The van der Waals surface area contributed by atoms with Gasteiger partial charge in [-0.2, -0.15) is 0 Å². The van der Waals surface area contributed by atoms with Gasteiger partial charge in [-0.3, -0.25) is 9.59 Å². The van der Waals surface area contributed by atoms with Gasteiger partial charge < -0.3 is 15.2 Å². The highest BCUT2D eigenvalue weighted by Crippen LogP contribution is 2.53. The third kappa shape index (κ3) is 4.26. The van der Waals surface area contributed by atoms with Gasteiger partial charge in [0, 0.05) is 26.6 Å². The van der Waals surface area contributed by atoms with Gasteiger partial charge in [0.2, 0.25) is 5.91 Å². The molecule has 1 amide bonds. The number of fused-ring (bicyclic) bond motifs is 2. The van der Waals surface area contributed by atoms with Gasteiger partial charge in [0.15, 0.2) is 0 Å². The highest BCUT2D eigenvalue weighted by atomic mass is 35.5. The molecule has 2 aromatic rings. The number of amides is 1. The summed E-state index contributed by atoms with van der Waals surface area (Å²) in [5, 5.41) is 15.4. The van der Waals surface area contributed by atoms with E-state index in [1.54, 1.807) is 37.4 Å². The summed E-state index contributed by atoms with van der Waals surface area (Å²) in [6, 6.07) is 4.96. The summed E-state index contributed by atoms with van der Waals surface area (Å²) in [6.07, 6.45) is 2.09. The van der Waals surface area contributed by atoms with Crippen molar-refractivity contribution in [1.82, 2.24) is 0 Å². The number of aliphatic carboxylic acids is 1. The van der Waals surface area contributed by atoms with Crippen molar-refractivity contribution in [2.24, 2.45) is 23.7 Å². The molecule has 9 heteroatoms. The van der Waals surface area contributed by atoms with Crippen LogP contribution in [0.4, 0.5) is 5.00 Å². The van der Waals surface area contributed by atoms with E-state index in [2.05, 4.69) is 5.32 Å². The molecule has 0 radical (unpaired) electrons. The van der Waals surface area contributed by atoms with Gasteiger partial charge >= 0.3 is 11.9 Å². The van der Waals surface area contributed by atoms with Crippen LogP contribution in [0, 0.1) is 23.7 Å². The number of benzene rings is 1. The van der Waals surface area contributed by atoms with Crippen LogP contribution in [-0.4, -0.2) is 29.1 Å². The minimum atomic E-state index is -0.934. The number of anilines is 1. The van der Waals surface area contributed by atoms with Gasteiger partial charge in [-0.1, -0.05) is 29.3 Å². The minimum Gasteiger partial charge on any atom is -0.481 e. The molecule has 0 aliphatic heterocycles. The van der Waals surface area contributed by atoms with Crippen molar-refractivity contribution in [3.63, 3.8) is 0 Å². The normalized spacial score (nSPS) is 24.0. The fourth-order valence-electron chi connectivity index (χ4n) is 5.05. The first-order valence-corrected chi connectivity index (χ1v) is 12.1. The summed E-state index contributed by atoms with van der Waals surface area (Å²) in [5.74, 6) is -3.09. The maximum Gasteiger partial charge on any atom is 0.342 e. The smallest absolute Gasteiger partial charge is 0.342 e. The number of carboxylic acids is 1. The van der Waals surface area contributed by atoms with Crippen LogP contribution < -0.4 is 5.32 Å². The number of hydrogen-bond donors (Lipinski definition) is 2. The van der Waals surface area contributed by atoms with Crippen molar-refractivity contribution in [2.45, 2.75) is 39.2 Å². The maximum atomic E-state index is 13.2. The van der Waals surface area contributed by atoms with Crippen LogP contribution in [0.15, 0.2) is 23.6 Å². The van der Waals surface area contributed by atoms with Crippen molar-refractivity contribution in [3.05, 3.63) is 39.2 Å². The zero-order chi connectivity index (χ0) is 23.2. The second kappa shape index (κ2) is 9.04. The van der Waals surface area contributed by atoms with Crippen molar-refractivity contribution in [2.75, 3.05) is 5.32 Å².